The van der Waals surface area contributed by atoms with E-state index < -0.39 is 0 Å². The fraction of sp³-hybridized carbons (Fsp3) is 0.938. The predicted molar refractivity (Wildman–Crippen MR) is 86.9 cm³/mol. The maximum absolute atomic E-state index is 11.9. The summed E-state index contributed by atoms with van der Waals surface area (Å²) in [6.07, 6.45) is 0. The van der Waals surface area contributed by atoms with Crippen molar-refractivity contribution in [3.8, 4) is 0 Å². The Morgan fingerprint density at radius 2 is 1.65 bits per heavy atom. The normalized spacial score (nSPS) is 18.9. The van der Waals surface area contributed by atoms with Gasteiger partial charge in [-0.1, -0.05) is 41.5 Å². The van der Waals surface area contributed by atoms with Gasteiger partial charge in [-0.3, -0.25) is 9.69 Å². The van der Waals surface area contributed by atoms with Gasteiger partial charge in [-0.2, -0.15) is 0 Å². The summed E-state index contributed by atoms with van der Waals surface area (Å²) < 4.78 is 0. The molecule has 4 heteroatoms. The molecule has 1 aliphatic heterocycles. The Morgan fingerprint density at radius 1 is 1.15 bits per heavy atom. The second-order valence-electron chi connectivity index (χ2n) is 6.52. The molecule has 1 aliphatic rings. The van der Waals surface area contributed by atoms with Crippen LogP contribution in [0, 0.1) is 11.3 Å². The van der Waals surface area contributed by atoms with Crippen LogP contribution in [0.4, 0.5) is 0 Å². The van der Waals surface area contributed by atoms with Crippen molar-refractivity contribution < 1.29 is 4.79 Å². The van der Waals surface area contributed by atoms with Crippen LogP contribution in [0.3, 0.4) is 0 Å². The van der Waals surface area contributed by atoms with Crippen molar-refractivity contribution in [2.75, 3.05) is 46.3 Å². The number of amides is 1. The number of carbonyl (C=O) groups is 1. The zero-order valence-corrected chi connectivity index (χ0v) is 14.6. The summed E-state index contributed by atoms with van der Waals surface area (Å²) in [5.74, 6) is 0.238. The fourth-order valence-corrected chi connectivity index (χ4v) is 1.96. The standard InChI is InChI=1S/C14H29N3O.C2H6/c1-12(14(2,3)4)13(18)15-6-7-17-10-8-16(5)9-11-17;1-2/h12H,6-11H2,1-5H3,(H,15,18);1-2H3. The molecule has 0 bridgehead atoms. The van der Waals surface area contributed by atoms with Crippen molar-refractivity contribution in [2.45, 2.75) is 41.5 Å². The quantitative estimate of drug-likeness (QED) is 0.859. The Bertz CT molecular complexity index is 265. The molecule has 0 aromatic heterocycles. The highest BCUT2D eigenvalue weighted by Crippen LogP contribution is 2.25. The van der Waals surface area contributed by atoms with Gasteiger partial charge in [0.15, 0.2) is 0 Å². The molecule has 0 spiro atoms. The van der Waals surface area contributed by atoms with E-state index >= 15 is 0 Å². The molecule has 1 amide bonds. The van der Waals surface area contributed by atoms with E-state index in [9.17, 15) is 4.79 Å². The van der Waals surface area contributed by atoms with Crippen molar-refractivity contribution in [1.29, 1.82) is 0 Å². The van der Waals surface area contributed by atoms with Gasteiger partial charge >= 0.3 is 0 Å². The first-order chi connectivity index (χ1) is 9.30. The topological polar surface area (TPSA) is 35.6 Å². The lowest BCUT2D eigenvalue weighted by atomic mass is 9.81. The number of hydrogen-bond donors (Lipinski definition) is 1. The maximum atomic E-state index is 11.9. The lowest BCUT2D eigenvalue weighted by Crippen LogP contribution is -2.47. The van der Waals surface area contributed by atoms with Crippen LogP contribution in [-0.2, 0) is 4.79 Å². The maximum Gasteiger partial charge on any atom is 0.223 e. The zero-order valence-electron chi connectivity index (χ0n) is 14.6. The minimum absolute atomic E-state index is 0.0396. The Hall–Kier alpha value is -0.610. The van der Waals surface area contributed by atoms with E-state index in [1.165, 1.54) is 0 Å². The highest BCUT2D eigenvalue weighted by atomic mass is 16.1. The molecule has 1 saturated heterocycles. The van der Waals surface area contributed by atoms with E-state index in [0.717, 1.165) is 39.3 Å². The third-order valence-electron chi connectivity index (χ3n) is 4.02. The van der Waals surface area contributed by atoms with Crippen LogP contribution in [0.15, 0.2) is 0 Å². The number of rotatable bonds is 4. The first-order valence-electron chi connectivity index (χ1n) is 7.99. The Kier molecular flexibility index (Phi) is 9.06. The average molecular weight is 285 g/mol. The third kappa shape index (κ3) is 7.25. The van der Waals surface area contributed by atoms with E-state index in [1.54, 1.807) is 0 Å². The monoisotopic (exact) mass is 285 g/mol. The van der Waals surface area contributed by atoms with Crippen LogP contribution in [0.25, 0.3) is 0 Å². The first-order valence-corrected chi connectivity index (χ1v) is 7.99. The van der Waals surface area contributed by atoms with Gasteiger partial charge in [-0.15, -0.1) is 0 Å². The molecule has 0 aromatic rings. The van der Waals surface area contributed by atoms with E-state index in [0.29, 0.717) is 0 Å². The fourth-order valence-electron chi connectivity index (χ4n) is 1.96. The van der Waals surface area contributed by atoms with E-state index in [-0.39, 0.29) is 17.2 Å². The molecule has 1 rings (SSSR count). The summed E-state index contributed by atoms with van der Waals surface area (Å²) >= 11 is 0. The van der Waals surface area contributed by atoms with Crippen LogP contribution >= 0.6 is 0 Å². The summed E-state index contributed by atoms with van der Waals surface area (Å²) in [6.45, 7) is 18.6. The molecular weight excluding hydrogens is 250 g/mol. The highest BCUT2D eigenvalue weighted by Gasteiger charge is 2.26. The highest BCUT2D eigenvalue weighted by molar-refractivity contribution is 5.78. The summed E-state index contributed by atoms with van der Waals surface area (Å²) in [6, 6.07) is 0. The van der Waals surface area contributed by atoms with Crippen molar-refractivity contribution in [3.05, 3.63) is 0 Å². The summed E-state index contributed by atoms with van der Waals surface area (Å²) in [4.78, 5) is 16.7. The molecule has 1 N–H and O–H groups in total. The summed E-state index contributed by atoms with van der Waals surface area (Å²) in [5.41, 5.74) is 0.0396. The molecule has 0 radical (unpaired) electrons. The molecule has 0 aliphatic carbocycles. The first kappa shape index (κ1) is 19.4. The zero-order chi connectivity index (χ0) is 15.8. The number of carbonyl (C=O) groups excluding carboxylic acids is 1. The number of hydrogen-bond acceptors (Lipinski definition) is 3. The van der Waals surface area contributed by atoms with Crippen molar-refractivity contribution in [2.24, 2.45) is 11.3 Å². The number of nitrogens with zero attached hydrogens (tertiary/aromatic N) is 2. The number of likely N-dealkylation sites (N-methyl/N-ethyl adjacent to an activating group) is 1. The Labute approximate surface area is 125 Å². The van der Waals surface area contributed by atoms with E-state index in [2.05, 4.69) is 42.9 Å². The minimum Gasteiger partial charge on any atom is -0.355 e. The van der Waals surface area contributed by atoms with Gasteiger partial charge in [-0.05, 0) is 12.5 Å². The molecule has 1 fully saturated rings. The van der Waals surface area contributed by atoms with Gasteiger partial charge in [0, 0.05) is 45.2 Å². The average Bonchev–Trinajstić information content (AvgIpc) is 2.41. The Balaban J connectivity index is 0.00000172. The lowest BCUT2D eigenvalue weighted by Gasteiger charge is -2.32. The van der Waals surface area contributed by atoms with E-state index in [1.807, 2.05) is 20.8 Å². The predicted octanol–water partition coefficient (Wildman–Crippen LogP) is 2.06. The van der Waals surface area contributed by atoms with Gasteiger partial charge in [-0.25, -0.2) is 0 Å². The molecule has 120 valence electrons. The van der Waals surface area contributed by atoms with Gasteiger partial charge in [0.2, 0.25) is 5.91 Å². The van der Waals surface area contributed by atoms with Crippen molar-refractivity contribution >= 4 is 5.91 Å². The Morgan fingerprint density at radius 3 is 2.10 bits per heavy atom. The van der Waals surface area contributed by atoms with Crippen LogP contribution in [0.2, 0.25) is 0 Å². The number of piperazine rings is 1. The molecule has 1 heterocycles. The van der Waals surface area contributed by atoms with Crippen molar-refractivity contribution in [3.63, 3.8) is 0 Å². The summed E-state index contributed by atoms with van der Waals surface area (Å²) in [7, 11) is 2.16. The molecule has 0 saturated carbocycles. The molecular formula is C16H35N3O. The second-order valence-corrected chi connectivity index (χ2v) is 6.52. The van der Waals surface area contributed by atoms with Gasteiger partial charge in [0.1, 0.15) is 0 Å². The van der Waals surface area contributed by atoms with Crippen molar-refractivity contribution in [1.82, 2.24) is 15.1 Å². The number of nitrogens with one attached hydrogen (secondary N) is 1. The smallest absolute Gasteiger partial charge is 0.223 e. The minimum atomic E-state index is 0.0396. The van der Waals surface area contributed by atoms with Crippen LogP contribution in [-0.4, -0.2) is 62.0 Å². The molecule has 1 unspecified atom stereocenters. The molecule has 0 aromatic carbocycles. The van der Waals surface area contributed by atoms with Crippen LogP contribution in [0.1, 0.15) is 41.5 Å². The largest absolute Gasteiger partial charge is 0.355 e. The van der Waals surface area contributed by atoms with Gasteiger partial charge < -0.3 is 10.2 Å². The van der Waals surface area contributed by atoms with E-state index in [4.69, 9.17) is 0 Å². The molecule has 4 nitrogen and oxygen atoms in total. The second kappa shape index (κ2) is 9.35. The lowest BCUT2D eigenvalue weighted by molar-refractivity contribution is -0.127. The van der Waals surface area contributed by atoms with Crippen LogP contribution in [0.5, 0.6) is 0 Å². The van der Waals surface area contributed by atoms with Gasteiger partial charge in [0.05, 0.1) is 0 Å². The van der Waals surface area contributed by atoms with Gasteiger partial charge in [0.25, 0.3) is 0 Å². The van der Waals surface area contributed by atoms with Crippen LogP contribution < -0.4 is 5.32 Å². The SMILES string of the molecule is CC.CC(C(=O)NCCN1CCN(C)CC1)C(C)(C)C. The summed E-state index contributed by atoms with van der Waals surface area (Å²) in [5, 5.41) is 3.05. The molecule has 20 heavy (non-hydrogen) atoms. The molecule has 1 atom stereocenters. The third-order valence-corrected chi connectivity index (χ3v) is 4.02.